The lowest BCUT2D eigenvalue weighted by molar-refractivity contribution is 0.0772. The van der Waals surface area contributed by atoms with Crippen LogP contribution in [0.4, 0.5) is 0 Å². The molecule has 0 aromatic carbocycles. The summed E-state index contributed by atoms with van der Waals surface area (Å²) in [4.78, 5) is 19.5. The number of likely N-dealkylation sites (tertiary alicyclic amines) is 1. The summed E-state index contributed by atoms with van der Waals surface area (Å²) in [6.07, 6.45) is 2.93. The zero-order valence-electron chi connectivity index (χ0n) is 17.8. The number of carbonyl (C=O) groups is 1. The lowest BCUT2D eigenvalue weighted by Crippen LogP contribution is -2.40. The Labute approximate surface area is 176 Å². The number of hydrogen-bond acceptors (Lipinski definition) is 7. The van der Waals surface area contributed by atoms with Gasteiger partial charge in [0.05, 0.1) is 22.4 Å². The standard InChI is InChI=1S/C19H28N6O4S/c1-5-25-10-16(12(3)21-25)17(26)24-9-14-7-15(23-30(27,28)6-2)8-19(14,11-24)18-20-13(4)22-29-18/h10,14-15,23H,5-9,11H2,1-4H3. The van der Waals surface area contributed by atoms with Crippen molar-refractivity contribution in [3.05, 3.63) is 29.2 Å². The average molecular weight is 437 g/mol. The van der Waals surface area contributed by atoms with Crippen molar-refractivity contribution in [1.82, 2.24) is 29.5 Å². The summed E-state index contributed by atoms with van der Waals surface area (Å²) < 4.78 is 34.3. The molecule has 2 fully saturated rings. The second-order valence-corrected chi connectivity index (χ2v) is 10.4. The Morgan fingerprint density at radius 1 is 1.37 bits per heavy atom. The first-order valence-corrected chi connectivity index (χ1v) is 12.0. The van der Waals surface area contributed by atoms with Gasteiger partial charge in [-0.05, 0) is 46.5 Å². The maximum atomic E-state index is 13.3. The fraction of sp³-hybridized carbons (Fsp3) is 0.684. The summed E-state index contributed by atoms with van der Waals surface area (Å²) in [6, 6.07) is -0.214. The van der Waals surface area contributed by atoms with E-state index in [1.807, 2.05) is 18.7 Å². The Balaban J connectivity index is 1.62. The summed E-state index contributed by atoms with van der Waals surface area (Å²) >= 11 is 0. The Morgan fingerprint density at radius 3 is 2.73 bits per heavy atom. The molecule has 0 bridgehead atoms. The molecular formula is C19H28N6O4S. The molecule has 30 heavy (non-hydrogen) atoms. The first-order chi connectivity index (χ1) is 14.2. The third-order valence-electron chi connectivity index (χ3n) is 6.34. The van der Waals surface area contributed by atoms with Crippen LogP contribution in [0.2, 0.25) is 0 Å². The van der Waals surface area contributed by atoms with E-state index in [4.69, 9.17) is 4.52 Å². The largest absolute Gasteiger partial charge is 0.339 e. The van der Waals surface area contributed by atoms with E-state index < -0.39 is 15.4 Å². The fourth-order valence-electron chi connectivity index (χ4n) is 4.84. The average Bonchev–Trinajstić information content (AvgIpc) is 3.43. The number of sulfonamides is 1. The highest BCUT2D eigenvalue weighted by Gasteiger charge is 2.58. The molecule has 164 valence electrons. The van der Waals surface area contributed by atoms with Crippen molar-refractivity contribution in [3.63, 3.8) is 0 Å². The van der Waals surface area contributed by atoms with E-state index in [9.17, 15) is 13.2 Å². The van der Waals surface area contributed by atoms with Crippen LogP contribution in [0.5, 0.6) is 0 Å². The topological polar surface area (TPSA) is 123 Å². The molecule has 3 atom stereocenters. The molecule has 0 spiro atoms. The Kier molecular flexibility index (Phi) is 5.21. The van der Waals surface area contributed by atoms with Gasteiger partial charge < -0.3 is 9.42 Å². The third-order valence-corrected chi connectivity index (χ3v) is 7.80. The van der Waals surface area contributed by atoms with E-state index in [1.165, 1.54) is 0 Å². The first kappa shape index (κ1) is 21.0. The molecule has 11 heteroatoms. The van der Waals surface area contributed by atoms with Gasteiger partial charge >= 0.3 is 0 Å². The minimum atomic E-state index is -3.32. The van der Waals surface area contributed by atoms with E-state index in [0.717, 1.165) is 0 Å². The van der Waals surface area contributed by atoms with Crippen LogP contribution in [-0.4, -0.2) is 64.0 Å². The van der Waals surface area contributed by atoms with Crippen LogP contribution in [0.3, 0.4) is 0 Å². The minimum Gasteiger partial charge on any atom is -0.339 e. The number of hydrogen-bond donors (Lipinski definition) is 1. The highest BCUT2D eigenvalue weighted by Crippen LogP contribution is 2.50. The Morgan fingerprint density at radius 2 is 2.13 bits per heavy atom. The molecule has 2 aliphatic rings. The molecule has 1 saturated heterocycles. The van der Waals surface area contributed by atoms with Gasteiger partial charge in [-0.3, -0.25) is 9.48 Å². The monoisotopic (exact) mass is 436 g/mol. The molecule has 1 N–H and O–H groups in total. The van der Waals surface area contributed by atoms with Crippen LogP contribution < -0.4 is 4.72 Å². The maximum absolute atomic E-state index is 13.3. The van der Waals surface area contributed by atoms with Crippen LogP contribution in [-0.2, 0) is 22.0 Å². The normalized spacial score (nSPS) is 26.3. The third kappa shape index (κ3) is 3.53. The second kappa shape index (κ2) is 7.45. The predicted octanol–water partition coefficient (Wildman–Crippen LogP) is 1.01. The van der Waals surface area contributed by atoms with Crippen LogP contribution >= 0.6 is 0 Å². The van der Waals surface area contributed by atoms with Gasteiger partial charge in [-0.25, -0.2) is 13.1 Å². The number of amides is 1. The molecule has 1 aliphatic carbocycles. The van der Waals surface area contributed by atoms with Crippen LogP contribution in [0.15, 0.2) is 10.7 Å². The van der Waals surface area contributed by atoms with Gasteiger partial charge in [0.2, 0.25) is 15.9 Å². The smallest absolute Gasteiger partial charge is 0.257 e. The van der Waals surface area contributed by atoms with Gasteiger partial charge in [0.15, 0.2) is 5.82 Å². The molecule has 3 heterocycles. The van der Waals surface area contributed by atoms with Crippen molar-refractivity contribution in [2.45, 2.75) is 58.5 Å². The highest BCUT2D eigenvalue weighted by atomic mass is 32.2. The predicted molar refractivity (Wildman–Crippen MR) is 108 cm³/mol. The van der Waals surface area contributed by atoms with E-state index in [2.05, 4.69) is 20.0 Å². The number of aryl methyl sites for hydroxylation is 3. The first-order valence-electron chi connectivity index (χ1n) is 10.3. The zero-order chi connectivity index (χ0) is 21.7. The quantitative estimate of drug-likeness (QED) is 0.717. The zero-order valence-corrected chi connectivity index (χ0v) is 18.6. The summed E-state index contributed by atoms with van der Waals surface area (Å²) in [5.41, 5.74) is 0.749. The van der Waals surface area contributed by atoms with Crippen molar-refractivity contribution in [3.8, 4) is 0 Å². The molecule has 2 aromatic heterocycles. The number of nitrogens with one attached hydrogen (secondary N) is 1. The molecule has 1 saturated carbocycles. The van der Waals surface area contributed by atoms with Crippen molar-refractivity contribution >= 4 is 15.9 Å². The second-order valence-electron chi connectivity index (χ2n) is 8.33. The number of aromatic nitrogens is 4. The maximum Gasteiger partial charge on any atom is 0.257 e. The van der Waals surface area contributed by atoms with E-state index in [1.54, 1.807) is 24.7 Å². The van der Waals surface area contributed by atoms with Crippen LogP contribution in [0, 0.1) is 19.8 Å². The Bertz CT molecular complexity index is 1060. The Hall–Kier alpha value is -2.27. The van der Waals surface area contributed by atoms with Gasteiger partial charge in [-0.15, -0.1) is 0 Å². The van der Waals surface area contributed by atoms with Crippen molar-refractivity contribution in [2.24, 2.45) is 5.92 Å². The minimum absolute atomic E-state index is 0.0339. The van der Waals surface area contributed by atoms with E-state index in [-0.39, 0.29) is 23.6 Å². The number of carbonyl (C=O) groups excluding carboxylic acids is 1. The fourth-order valence-corrected chi connectivity index (χ4v) is 5.70. The van der Waals surface area contributed by atoms with E-state index >= 15 is 0 Å². The van der Waals surface area contributed by atoms with Gasteiger partial charge in [0.1, 0.15) is 0 Å². The molecule has 3 unspecified atom stereocenters. The number of rotatable bonds is 6. The van der Waals surface area contributed by atoms with Crippen LogP contribution in [0.1, 0.15) is 54.5 Å². The number of nitrogens with zero attached hydrogens (tertiary/aromatic N) is 5. The van der Waals surface area contributed by atoms with Crippen molar-refractivity contribution in [1.29, 1.82) is 0 Å². The van der Waals surface area contributed by atoms with Gasteiger partial charge in [0, 0.05) is 31.9 Å². The highest BCUT2D eigenvalue weighted by molar-refractivity contribution is 7.89. The SMILES string of the molecule is CCn1cc(C(=O)N2CC3CC(NS(=O)(=O)CC)CC3(c3nc(C)no3)C2)c(C)n1. The van der Waals surface area contributed by atoms with Crippen LogP contribution in [0.25, 0.3) is 0 Å². The van der Waals surface area contributed by atoms with Gasteiger partial charge in [0.25, 0.3) is 5.91 Å². The molecule has 4 rings (SSSR count). The number of fused-ring (bicyclic) bond motifs is 1. The molecule has 2 aromatic rings. The molecule has 10 nitrogen and oxygen atoms in total. The van der Waals surface area contributed by atoms with Gasteiger partial charge in [-0.2, -0.15) is 10.1 Å². The van der Waals surface area contributed by atoms with E-state index in [0.29, 0.717) is 55.4 Å². The summed E-state index contributed by atoms with van der Waals surface area (Å²) in [7, 11) is -3.32. The lowest BCUT2D eigenvalue weighted by Gasteiger charge is -2.25. The summed E-state index contributed by atoms with van der Waals surface area (Å²) in [6.45, 7) is 8.82. The summed E-state index contributed by atoms with van der Waals surface area (Å²) in [5, 5.41) is 8.33. The molecular weight excluding hydrogens is 408 g/mol. The van der Waals surface area contributed by atoms with Crippen molar-refractivity contribution < 1.29 is 17.7 Å². The molecule has 0 radical (unpaired) electrons. The summed E-state index contributed by atoms with van der Waals surface area (Å²) in [5.74, 6) is 1.02. The van der Waals surface area contributed by atoms with Crippen molar-refractivity contribution in [2.75, 3.05) is 18.8 Å². The molecule has 1 aliphatic heterocycles. The molecule has 1 amide bonds. The lowest BCUT2D eigenvalue weighted by atomic mass is 9.80. The van der Waals surface area contributed by atoms with Gasteiger partial charge in [-0.1, -0.05) is 5.16 Å².